The van der Waals surface area contributed by atoms with Crippen LogP contribution in [0.25, 0.3) is 0 Å². The van der Waals surface area contributed by atoms with E-state index in [-0.39, 0.29) is 17.9 Å². The number of furan rings is 1. The van der Waals surface area contributed by atoms with E-state index in [1.54, 1.807) is 41.0 Å². The van der Waals surface area contributed by atoms with Gasteiger partial charge in [0.25, 0.3) is 5.91 Å². The highest BCUT2D eigenvalue weighted by Gasteiger charge is 2.25. The van der Waals surface area contributed by atoms with Crippen molar-refractivity contribution in [1.82, 2.24) is 20.0 Å². The molecule has 3 heterocycles. The minimum atomic E-state index is -0.705. The van der Waals surface area contributed by atoms with Crippen LogP contribution in [-0.2, 0) is 20.8 Å². The van der Waals surface area contributed by atoms with E-state index in [2.05, 4.69) is 10.4 Å². The van der Waals surface area contributed by atoms with Gasteiger partial charge in [-0.25, -0.2) is 9.59 Å². The van der Waals surface area contributed by atoms with Gasteiger partial charge in [-0.3, -0.25) is 9.48 Å². The number of carbonyl (C=O) groups is 3. The number of hydrogen-bond donors (Lipinski definition) is 1. The largest absolute Gasteiger partial charge is 0.452 e. The van der Waals surface area contributed by atoms with Crippen LogP contribution in [0, 0.1) is 0 Å². The van der Waals surface area contributed by atoms with Gasteiger partial charge in [-0.15, -0.1) is 0 Å². The lowest BCUT2D eigenvalue weighted by Gasteiger charge is -2.31. The Hall–Kier alpha value is -3.30. The lowest BCUT2D eigenvalue weighted by Crippen LogP contribution is -2.47. The zero-order chi connectivity index (χ0) is 20.6. The second-order valence-corrected chi connectivity index (χ2v) is 6.57. The highest BCUT2D eigenvalue weighted by Crippen LogP contribution is 2.12. The number of aromatic nitrogens is 2. The molecule has 2 amide bonds. The topological polar surface area (TPSA) is 116 Å². The SMILES string of the molecule is CCOC(=O)N1CCC(NC(=O)COC(=O)c2ccc(Cn3cccn3)o2)CC1. The molecule has 10 heteroatoms. The van der Waals surface area contributed by atoms with Crippen LogP contribution in [0.5, 0.6) is 0 Å². The summed E-state index contributed by atoms with van der Waals surface area (Å²) < 4.78 is 17.1. The van der Waals surface area contributed by atoms with Gasteiger partial charge >= 0.3 is 12.1 Å². The Kier molecular flexibility index (Phi) is 6.88. The van der Waals surface area contributed by atoms with Gasteiger partial charge in [0, 0.05) is 31.5 Å². The van der Waals surface area contributed by atoms with Gasteiger partial charge in [0.1, 0.15) is 5.76 Å². The first-order chi connectivity index (χ1) is 14.0. The Labute approximate surface area is 167 Å². The summed E-state index contributed by atoms with van der Waals surface area (Å²) in [6.07, 6.45) is 4.33. The number of hydrogen-bond acceptors (Lipinski definition) is 7. The Morgan fingerprint density at radius 1 is 1.24 bits per heavy atom. The molecule has 0 aliphatic carbocycles. The third-order valence-electron chi connectivity index (χ3n) is 4.46. The van der Waals surface area contributed by atoms with E-state index in [1.807, 2.05) is 0 Å². The number of amides is 2. The third kappa shape index (κ3) is 5.84. The molecule has 0 aromatic carbocycles. The van der Waals surface area contributed by atoms with Crippen LogP contribution in [0.4, 0.5) is 4.79 Å². The fourth-order valence-corrected chi connectivity index (χ4v) is 3.02. The van der Waals surface area contributed by atoms with Crippen LogP contribution in [0.3, 0.4) is 0 Å². The molecule has 1 saturated heterocycles. The van der Waals surface area contributed by atoms with Crippen molar-refractivity contribution in [3.05, 3.63) is 42.1 Å². The Balaban J connectivity index is 1.38. The highest BCUT2D eigenvalue weighted by molar-refractivity contribution is 5.88. The van der Waals surface area contributed by atoms with E-state index < -0.39 is 18.5 Å². The van der Waals surface area contributed by atoms with Crippen molar-refractivity contribution in [3.8, 4) is 0 Å². The first-order valence-corrected chi connectivity index (χ1v) is 9.49. The van der Waals surface area contributed by atoms with Crippen LogP contribution in [0.1, 0.15) is 36.1 Å². The van der Waals surface area contributed by atoms with Crippen LogP contribution < -0.4 is 5.32 Å². The average molecular weight is 404 g/mol. The predicted molar refractivity (Wildman–Crippen MR) is 100 cm³/mol. The maximum atomic E-state index is 12.1. The number of ether oxygens (including phenoxy) is 2. The molecule has 1 aliphatic rings. The van der Waals surface area contributed by atoms with Crippen molar-refractivity contribution >= 4 is 18.0 Å². The van der Waals surface area contributed by atoms with Crippen molar-refractivity contribution in [2.75, 3.05) is 26.3 Å². The summed E-state index contributed by atoms with van der Waals surface area (Å²) in [5.41, 5.74) is 0. The first-order valence-electron chi connectivity index (χ1n) is 9.49. The van der Waals surface area contributed by atoms with E-state index in [0.717, 1.165) is 0 Å². The Bertz CT molecular complexity index is 824. The van der Waals surface area contributed by atoms with Gasteiger partial charge in [-0.2, -0.15) is 5.10 Å². The minimum Gasteiger partial charge on any atom is -0.452 e. The minimum absolute atomic E-state index is 0.0303. The lowest BCUT2D eigenvalue weighted by atomic mass is 10.1. The van der Waals surface area contributed by atoms with E-state index >= 15 is 0 Å². The molecule has 0 unspecified atom stereocenters. The Morgan fingerprint density at radius 3 is 2.72 bits per heavy atom. The number of rotatable bonds is 7. The average Bonchev–Trinajstić information content (AvgIpc) is 3.39. The molecule has 156 valence electrons. The quantitative estimate of drug-likeness (QED) is 0.694. The molecule has 1 aliphatic heterocycles. The predicted octanol–water partition coefficient (Wildman–Crippen LogP) is 1.42. The molecule has 29 heavy (non-hydrogen) atoms. The molecule has 2 aromatic heterocycles. The first kappa shape index (κ1) is 20.4. The van der Waals surface area contributed by atoms with E-state index in [9.17, 15) is 14.4 Å². The van der Waals surface area contributed by atoms with Crippen molar-refractivity contribution in [2.24, 2.45) is 0 Å². The second kappa shape index (κ2) is 9.76. The van der Waals surface area contributed by atoms with Gasteiger partial charge in [-0.1, -0.05) is 0 Å². The lowest BCUT2D eigenvalue weighted by molar-refractivity contribution is -0.125. The Morgan fingerprint density at radius 2 is 2.03 bits per heavy atom. The van der Waals surface area contributed by atoms with Crippen LogP contribution >= 0.6 is 0 Å². The zero-order valence-corrected chi connectivity index (χ0v) is 16.2. The zero-order valence-electron chi connectivity index (χ0n) is 16.2. The van der Waals surface area contributed by atoms with Crippen molar-refractivity contribution in [1.29, 1.82) is 0 Å². The molecular formula is C19H24N4O6. The molecule has 3 rings (SSSR count). The van der Waals surface area contributed by atoms with Crippen molar-refractivity contribution in [2.45, 2.75) is 32.4 Å². The molecular weight excluding hydrogens is 380 g/mol. The molecule has 0 bridgehead atoms. The summed E-state index contributed by atoms with van der Waals surface area (Å²) in [4.78, 5) is 37.4. The van der Waals surface area contributed by atoms with E-state index in [0.29, 0.717) is 44.8 Å². The molecule has 1 fully saturated rings. The fraction of sp³-hybridized carbons (Fsp3) is 0.474. The molecule has 2 aromatic rings. The molecule has 0 atom stereocenters. The number of carbonyl (C=O) groups excluding carboxylic acids is 3. The smallest absolute Gasteiger partial charge is 0.409 e. The molecule has 10 nitrogen and oxygen atoms in total. The van der Waals surface area contributed by atoms with Crippen molar-refractivity contribution < 1.29 is 28.3 Å². The molecule has 1 N–H and O–H groups in total. The number of likely N-dealkylation sites (tertiary alicyclic amines) is 1. The van der Waals surface area contributed by atoms with Crippen LogP contribution in [-0.4, -0.2) is 65.0 Å². The summed E-state index contributed by atoms with van der Waals surface area (Å²) in [5, 5.41) is 6.88. The number of piperidine rings is 1. The monoisotopic (exact) mass is 404 g/mol. The second-order valence-electron chi connectivity index (χ2n) is 6.57. The maximum absolute atomic E-state index is 12.1. The van der Waals surface area contributed by atoms with Crippen LogP contribution in [0.15, 0.2) is 35.0 Å². The number of esters is 1. The normalized spacial score (nSPS) is 14.4. The van der Waals surface area contributed by atoms with Gasteiger partial charge in [0.2, 0.25) is 5.76 Å². The van der Waals surface area contributed by atoms with Crippen molar-refractivity contribution in [3.63, 3.8) is 0 Å². The number of nitrogens with zero attached hydrogens (tertiary/aromatic N) is 3. The summed E-state index contributed by atoms with van der Waals surface area (Å²) in [6, 6.07) is 4.88. The summed E-state index contributed by atoms with van der Waals surface area (Å²) >= 11 is 0. The summed E-state index contributed by atoms with van der Waals surface area (Å²) in [6.45, 7) is 3.11. The highest BCUT2D eigenvalue weighted by atomic mass is 16.6. The van der Waals surface area contributed by atoms with Gasteiger partial charge in [0.05, 0.1) is 13.2 Å². The number of nitrogens with one attached hydrogen (secondary N) is 1. The molecule has 0 saturated carbocycles. The molecule has 0 radical (unpaired) electrons. The van der Waals surface area contributed by atoms with Gasteiger partial charge in [-0.05, 0) is 38.0 Å². The fourth-order valence-electron chi connectivity index (χ4n) is 3.02. The van der Waals surface area contributed by atoms with Crippen LogP contribution in [0.2, 0.25) is 0 Å². The summed E-state index contributed by atoms with van der Waals surface area (Å²) in [5.74, 6) is -0.513. The van der Waals surface area contributed by atoms with E-state index in [4.69, 9.17) is 13.9 Å². The molecule has 0 spiro atoms. The van der Waals surface area contributed by atoms with E-state index in [1.165, 1.54) is 6.07 Å². The van der Waals surface area contributed by atoms with Gasteiger partial charge < -0.3 is 24.1 Å². The third-order valence-corrected chi connectivity index (χ3v) is 4.46. The summed E-state index contributed by atoms with van der Waals surface area (Å²) in [7, 11) is 0. The maximum Gasteiger partial charge on any atom is 0.409 e. The standard InChI is InChI=1S/C19H24N4O6/c1-2-27-19(26)22-10-6-14(7-11-22)21-17(24)13-28-18(25)16-5-4-15(29-16)12-23-9-3-8-20-23/h3-5,8-9,14H,2,6-7,10-13H2,1H3,(H,21,24). The van der Waals surface area contributed by atoms with Gasteiger partial charge in [0.15, 0.2) is 6.61 Å².